The van der Waals surface area contributed by atoms with Crippen molar-refractivity contribution in [2.75, 3.05) is 5.32 Å². The second-order valence-electron chi connectivity index (χ2n) is 10.4. The van der Waals surface area contributed by atoms with E-state index in [1.54, 1.807) is 35.5 Å². The van der Waals surface area contributed by atoms with Gasteiger partial charge in [-0.3, -0.25) is 9.67 Å². The molecule has 6 rings (SSSR count). The Morgan fingerprint density at radius 3 is 2.76 bits per heavy atom. The minimum absolute atomic E-state index is 0.0313. The number of anilines is 2. The van der Waals surface area contributed by atoms with Crippen LogP contribution in [0.2, 0.25) is 5.02 Å². The number of halogens is 1. The highest BCUT2D eigenvalue weighted by atomic mass is 35.5. The number of aromatic nitrogens is 8. The Bertz CT molecular complexity index is 1610. The molecule has 0 saturated heterocycles. The third-order valence-electron chi connectivity index (χ3n) is 6.82. The first-order valence-corrected chi connectivity index (χ1v) is 12.6. The van der Waals surface area contributed by atoms with Crippen molar-refractivity contribution in [1.29, 1.82) is 0 Å². The fraction of sp³-hybridized carbons (Fsp3) is 0.400. The van der Waals surface area contributed by atoms with Gasteiger partial charge in [0.2, 0.25) is 5.95 Å². The summed E-state index contributed by atoms with van der Waals surface area (Å²) >= 11 is 6.78. The lowest BCUT2D eigenvalue weighted by Gasteiger charge is -2.25. The van der Waals surface area contributed by atoms with Crippen molar-refractivity contribution >= 4 is 40.0 Å². The number of hydrogen-bond acceptors (Lipinski definition) is 8. The summed E-state index contributed by atoms with van der Waals surface area (Å²) < 4.78 is 11.5. The lowest BCUT2D eigenvalue weighted by atomic mass is 9.91. The van der Waals surface area contributed by atoms with Crippen LogP contribution < -0.4 is 10.1 Å². The van der Waals surface area contributed by atoms with Crippen molar-refractivity contribution in [3.8, 4) is 11.5 Å². The van der Waals surface area contributed by atoms with Gasteiger partial charge in [-0.2, -0.15) is 15.2 Å². The molecule has 2 atom stereocenters. The van der Waals surface area contributed by atoms with Crippen LogP contribution in [0.3, 0.4) is 0 Å². The van der Waals surface area contributed by atoms with Crippen LogP contribution in [-0.2, 0) is 12.5 Å². The molecule has 5 aromatic rings. The summed E-state index contributed by atoms with van der Waals surface area (Å²) in [7, 11) is 1.86. The topological polar surface area (TPSA) is 120 Å². The highest BCUT2D eigenvalue weighted by molar-refractivity contribution is 6.36. The molecule has 2 N–H and O–H groups in total. The van der Waals surface area contributed by atoms with E-state index in [1.807, 2.05) is 22.4 Å². The monoisotopic (exact) mass is 521 g/mol. The maximum Gasteiger partial charge on any atom is 0.210 e. The maximum atomic E-state index is 10.5. The number of nitrogens with one attached hydrogen (secondary N) is 1. The molecule has 192 valence electrons. The van der Waals surface area contributed by atoms with Crippen molar-refractivity contribution in [2.24, 2.45) is 7.05 Å². The Labute approximate surface area is 218 Å². The zero-order valence-electron chi connectivity index (χ0n) is 21.1. The lowest BCUT2D eigenvalue weighted by molar-refractivity contribution is 0.127. The van der Waals surface area contributed by atoms with Crippen LogP contribution in [0.15, 0.2) is 37.1 Å². The first kappa shape index (κ1) is 23.7. The summed E-state index contributed by atoms with van der Waals surface area (Å²) in [6.07, 6.45) is 10.5. The molecule has 0 amide bonds. The molecule has 5 heterocycles. The van der Waals surface area contributed by atoms with E-state index in [0.717, 1.165) is 25.0 Å². The van der Waals surface area contributed by atoms with Gasteiger partial charge in [-0.15, -0.1) is 0 Å². The molecule has 1 saturated carbocycles. The summed E-state index contributed by atoms with van der Waals surface area (Å²) in [6, 6.07) is 1.99. The van der Waals surface area contributed by atoms with Gasteiger partial charge in [-0.05, 0) is 19.3 Å². The molecule has 0 spiro atoms. The third-order valence-corrected chi connectivity index (χ3v) is 7.18. The van der Waals surface area contributed by atoms with Gasteiger partial charge in [0.1, 0.15) is 16.1 Å². The third kappa shape index (κ3) is 4.08. The SMILES string of the molecule is Cn1c(Nc2cc(C(C)(C)C)n([C@H]3CCC[C@H]3O)n2)nc2ncc(Oc3cnn4ccncc34)c(Cl)c21. The molecule has 37 heavy (non-hydrogen) atoms. The highest BCUT2D eigenvalue weighted by Crippen LogP contribution is 2.38. The molecule has 12 heteroatoms. The van der Waals surface area contributed by atoms with E-state index in [1.165, 1.54) is 0 Å². The van der Waals surface area contributed by atoms with Gasteiger partial charge in [0, 0.05) is 36.6 Å². The Hall–Kier alpha value is -3.70. The maximum absolute atomic E-state index is 10.5. The first-order chi connectivity index (χ1) is 17.7. The van der Waals surface area contributed by atoms with Crippen molar-refractivity contribution in [3.05, 3.63) is 47.8 Å². The van der Waals surface area contributed by atoms with Gasteiger partial charge in [0.25, 0.3) is 0 Å². The van der Waals surface area contributed by atoms with E-state index in [0.29, 0.717) is 45.0 Å². The van der Waals surface area contributed by atoms with E-state index >= 15 is 0 Å². The van der Waals surface area contributed by atoms with Crippen LogP contribution in [0.1, 0.15) is 51.8 Å². The number of nitrogens with zero attached hydrogens (tertiary/aromatic N) is 8. The van der Waals surface area contributed by atoms with Crippen LogP contribution in [0, 0.1) is 0 Å². The number of fused-ring (bicyclic) bond motifs is 2. The zero-order valence-corrected chi connectivity index (χ0v) is 21.8. The van der Waals surface area contributed by atoms with Crippen LogP contribution in [-0.4, -0.2) is 50.1 Å². The van der Waals surface area contributed by atoms with Crippen molar-refractivity contribution < 1.29 is 9.84 Å². The minimum Gasteiger partial charge on any atom is -0.450 e. The quantitative estimate of drug-likeness (QED) is 0.339. The number of aliphatic hydroxyl groups is 1. The van der Waals surface area contributed by atoms with Crippen molar-refractivity contribution in [3.63, 3.8) is 0 Å². The molecule has 0 unspecified atom stereocenters. The van der Waals surface area contributed by atoms with Gasteiger partial charge in [-0.1, -0.05) is 32.4 Å². The number of rotatable bonds is 5. The summed E-state index contributed by atoms with van der Waals surface area (Å²) in [5.41, 5.74) is 2.72. The molecule has 0 aliphatic heterocycles. The van der Waals surface area contributed by atoms with Gasteiger partial charge >= 0.3 is 0 Å². The largest absolute Gasteiger partial charge is 0.450 e. The average Bonchev–Trinajstić information content (AvgIpc) is 3.63. The van der Waals surface area contributed by atoms with Crippen molar-refractivity contribution in [1.82, 2.24) is 38.9 Å². The Morgan fingerprint density at radius 2 is 2.00 bits per heavy atom. The summed E-state index contributed by atoms with van der Waals surface area (Å²) in [6.45, 7) is 6.43. The number of aliphatic hydroxyl groups excluding tert-OH is 1. The molecule has 1 aliphatic carbocycles. The Balaban J connectivity index is 1.34. The van der Waals surface area contributed by atoms with Gasteiger partial charge in [0.05, 0.1) is 30.7 Å². The van der Waals surface area contributed by atoms with E-state index in [9.17, 15) is 5.11 Å². The van der Waals surface area contributed by atoms with Crippen LogP contribution in [0.4, 0.5) is 11.8 Å². The molecule has 11 nitrogen and oxygen atoms in total. The minimum atomic E-state index is -0.394. The molecule has 1 aliphatic rings. The fourth-order valence-corrected chi connectivity index (χ4v) is 5.19. The molecule has 0 radical (unpaired) electrons. The molecule has 5 aromatic heterocycles. The van der Waals surface area contributed by atoms with Crippen LogP contribution >= 0.6 is 11.6 Å². The van der Waals surface area contributed by atoms with Gasteiger partial charge < -0.3 is 19.7 Å². The molecule has 0 bridgehead atoms. The molecule has 0 aromatic carbocycles. The van der Waals surface area contributed by atoms with E-state index in [-0.39, 0.29) is 11.5 Å². The molecular formula is C25H28ClN9O2. The standard InChI is InChI=1S/C25H28ClN9O2/c1-25(2,3)19-10-20(32-35(19)14-6-5-7-16(14)36)30-24-31-23-22(33(24)4)21(26)18(12-28-23)37-17-13-29-34-9-8-27-11-15(17)34/h8-14,16,36H,5-7H2,1-4H3,(H,28,30,31,32)/t14-,16+/m0/s1. The summed E-state index contributed by atoms with van der Waals surface area (Å²) in [5.74, 6) is 2.09. The van der Waals surface area contributed by atoms with Crippen LogP contribution in [0.25, 0.3) is 16.7 Å². The second-order valence-corrected chi connectivity index (χ2v) is 10.8. The number of hydrogen-bond donors (Lipinski definition) is 2. The normalized spacial score (nSPS) is 18.2. The Morgan fingerprint density at radius 1 is 1.16 bits per heavy atom. The second kappa shape index (κ2) is 8.70. The predicted molar refractivity (Wildman–Crippen MR) is 140 cm³/mol. The Kier molecular flexibility index (Phi) is 5.57. The molecular weight excluding hydrogens is 494 g/mol. The summed E-state index contributed by atoms with van der Waals surface area (Å²) in [4.78, 5) is 13.3. The number of aryl methyl sites for hydroxylation is 1. The van der Waals surface area contributed by atoms with Crippen LogP contribution in [0.5, 0.6) is 11.5 Å². The summed E-state index contributed by atoms with van der Waals surface area (Å²) in [5, 5.41) is 23.3. The molecule has 1 fully saturated rings. The first-order valence-electron chi connectivity index (χ1n) is 12.2. The smallest absolute Gasteiger partial charge is 0.210 e. The number of pyridine rings is 1. The van der Waals surface area contributed by atoms with E-state index in [4.69, 9.17) is 21.4 Å². The number of ether oxygens (including phenoxy) is 1. The lowest BCUT2D eigenvalue weighted by Crippen LogP contribution is -2.26. The fourth-order valence-electron chi connectivity index (χ4n) is 4.89. The van der Waals surface area contributed by atoms with Gasteiger partial charge in [-0.25, -0.2) is 9.50 Å². The number of imidazole rings is 1. The van der Waals surface area contributed by atoms with E-state index in [2.05, 4.69) is 46.1 Å². The predicted octanol–water partition coefficient (Wildman–Crippen LogP) is 4.78. The van der Waals surface area contributed by atoms with Crippen molar-refractivity contribution in [2.45, 2.75) is 57.6 Å². The highest BCUT2D eigenvalue weighted by Gasteiger charge is 2.32. The van der Waals surface area contributed by atoms with Gasteiger partial charge in [0.15, 0.2) is 23.0 Å². The average molecular weight is 522 g/mol. The van der Waals surface area contributed by atoms with E-state index < -0.39 is 6.10 Å². The zero-order chi connectivity index (χ0) is 25.9.